The summed E-state index contributed by atoms with van der Waals surface area (Å²) in [6.07, 6.45) is 6.54. The Labute approximate surface area is 127 Å². The maximum absolute atomic E-state index is 6.19. The van der Waals surface area contributed by atoms with E-state index < -0.39 is 0 Å². The molecule has 0 aromatic heterocycles. The Morgan fingerprint density at radius 1 is 1.25 bits per heavy atom. The summed E-state index contributed by atoms with van der Waals surface area (Å²) in [7, 11) is 0. The summed E-state index contributed by atoms with van der Waals surface area (Å²) in [5, 5.41) is 0. The van der Waals surface area contributed by atoms with E-state index in [9.17, 15) is 0 Å². The van der Waals surface area contributed by atoms with Crippen LogP contribution in [0.2, 0.25) is 0 Å². The molecular weight excluding hydrogens is 268 g/mol. The van der Waals surface area contributed by atoms with E-state index in [0.29, 0.717) is 12.0 Å². The Morgan fingerprint density at radius 3 is 2.65 bits per heavy atom. The Kier molecular flexibility index (Phi) is 5.80. The van der Waals surface area contributed by atoms with Crippen molar-refractivity contribution in [3.05, 3.63) is 29.3 Å². The molecule has 0 atom stereocenters. The zero-order chi connectivity index (χ0) is 14.4. The van der Waals surface area contributed by atoms with Crippen LogP contribution in [-0.2, 0) is 0 Å². The van der Waals surface area contributed by atoms with Gasteiger partial charge in [0.15, 0.2) is 0 Å². The van der Waals surface area contributed by atoms with E-state index in [1.165, 1.54) is 24.8 Å². The van der Waals surface area contributed by atoms with Gasteiger partial charge < -0.3 is 4.74 Å². The molecule has 0 bridgehead atoms. The molecule has 1 aromatic rings. The van der Waals surface area contributed by atoms with E-state index in [1.54, 1.807) is 0 Å². The highest BCUT2D eigenvalue weighted by Gasteiger charge is 2.21. The smallest absolute Gasteiger partial charge is 0.135 e. The van der Waals surface area contributed by atoms with Crippen LogP contribution in [-0.4, -0.2) is 12.0 Å². The topological polar surface area (TPSA) is 9.23 Å². The number of aryl methyl sites for hydroxylation is 1. The second-order valence-electron chi connectivity index (χ2n) is 5.60. The predicted molar refractivity (Wildman–Crippen MR) is 85.4 cm³/mol. The summed E-state index contributed by atoms with van der Waals surface area (Å²) in [5.41, 5.74) is 2.16. The number of hydrogen-bond donors (Lipinski definition) is 0. The summed E-state index contributed by atoms with van der Waals surface area (Å²) >= 11 is 5.65. The molecule has 2 heteroatoms. The average Bonchev–Trinajstić information content (AvgIpc) is 2.48. The molecule has 1 aliphatic carbocycles. The molecule has 0 N–H and O–H groups in total. The molecule has 1 nitrogen and oxygen atoms in total. The van der Waals surface area contributed by atoms with Gasteiger partial charge in [-0.25, -0.2) is 0 Å². The third kappa shape index (κ3) is 4.18. The molecule has 0 aliphatic heterocycles. The maximum atomic E-state index is 6.19. The first-order valence-electron chi connectivity index (χ1n) is 7.55. The fourth-order valence-electron chi connectivity index (χ4n) is 2.81. The first kappa shape index (κ1) is 15.3. The lowest BCUT2D eigenvalue weighted by Crippen LogP contribution is -2.24. The lowest BCUT2D eigenvalue weighted by atomic mass is 9.86. The Balaban J connectivity index is 2.05. The van der Waals surface area contributed by atoms with Gasteiger partial charge in [0.2, 0.25) is 0 Å². The van der Waals surface area contributed by atoms with Gasteiger partial charge in [-0.05, 0) is 56.2 Å². The number of alkyl halides is 1. The highest BCUT2D eigenvalue weighted by molar-refractivity contribution is 6.19. The second-order valence-corrected chi connectivity index (χ2v) is 5.87. The van der Waals surface area contributed by atoms with Crippen molar-refractivity contribution in [1.82, 2.24) is 0 Å². The molecule has 2 rings (SSSR count). The van der Waals surface area contributed by atoms with Crippen molar-refractivity contribution >= 4 is 11.6 Å². The van der Waals surface area contributed by atoms with Gasteiger partial charge in [0.1, 0.15) is 5.75 Å². The van der Waals surface area contributed by atoms with Crippen molar-refractivity contribution in [3.8, 4) is 17.6 Å². The molecule has 1 fully saturated rings. The minimum Gasteiger partial charge on any atom is -0.489 e. The van der Waals surface area contributed by atoms with Gasteiger partial charge in [0.25, 0.3) is 0 Å². The molecule has 1 aromatic carbocycles. The number of hydrogen-bond acceptors (Lipinski definition) is 1. The molecule has 1 saturated carbocycles. The van der Waals surface area contributed by atoms with Crippen LogP contribution in [0.4, 0.5) is 0 Å². The summed E-state index contributed by atoms with van der Waals surface area (Å²) in [6, 6.07) is 6.20. The lowest BCUT2D eigenvalue weighted by molar-refractivity contribution is 0.129. The lowest BCUT2D eigenvalue weighted by Gasteiger charge is -2.28. The van der Waals surface area contributed by atoms with Crippen molar-refractivity contribution < 1.29 is 4.74 Å². The fraction of sp³-hybridized carbons (Fsp3) is 0.556. The minimum atomic E-state index is 0.344. The van der Waals surface area contributed by atoms with E-state index in [2.05, 4.69) is 37.8 Å². The zero-order valence-corrected chi connectivity index (χ0v) is 13.2. The number of rotatable bonds is 3. The highest BCUT2D eigenvalue weighted by Crippen LogP contribution is 2.30. The first-order valence-corrected chi connectivity index (χ1v) is 8.08. The number of benzene rings is 1. The summed E-state index contributed by atoms with van der Waals surface area (Å²) in [6.45, 7) is 4.35. The van der Waals surface area contributed by atoms with E-state index >= 15 is 0 Å². The normalized spacial score (nSPS) is 21.9. The van der Waals surface area contributed by atoms with Crippen LogP contribution in [0.25, 0.3) is 0 Å². The quantitative estimate of drug-likeness (QED) is 0.566. The largest absolute Gasteiger partial charge is 0.489 e. The van der Waals surface area contributed by atoms with Crippen LogP contribution in [0.5, 0.6) is 5.75 Å². The van der Waals surface area contributed by atoms with Crippen LogP contribution in [0.1, 0.15) is 50.2 Å². The Hall–Kier alpha value is -1.13. The van der Waals surface area contributed by atoms with Gasteiger partial charge in [0, 0.05) is 0 Å². The summed E-state index contributed by atoms with van der Waals surface area (Å²) < 4.78 is 6.19. The van der Waals surface area contributed by atoms with Gasteiger partial charge in [-0.1, -0.05) is 31.3 Å². The van der Waals surface area contributed by atoms with Crippen molar-refractivity contribution in [3.63, 3.8) is 0 Å². The molecule has 20 heavy (non-hydrogen) atoms. The number of ether oxygens (including phenoxy) is 1. The van der Waals surface area contributed by atoms with Gasteiger partial charge in [-0.15, -0.1) is 11.6 Å². The van der Waals surface area contributed by atoms with Crippen LogP contribution in [0, 0.1) is 24.7 Å². The maximum Gasteiger partial charge on any atom is 0.135 e. The Morgan fingerprint density at radius 2 is 2.00 bits per heavy atom. The van der Waals surface area contributed by atoms with E-state index in [1.807, 2.05) is 6.07 Å². The summed E-state index contributed by atoms with van der Waals surface area (Å²) in [4.78, 5) is 0. The fourth-order valence-corrected chi connectivity index (χ4v) is 2.88. The van der Waals surface area contributed by atoms with Crippen molar-refractivity contribution in [2.75, 3.05) is 5.88 Å². The van der Waals surface area contributed by atoms with Crippen LogP contribution in [0.3, 0.4) is 0 Å². The molecule has 0 saturated heterocycles. The molecule has 108 valence electrons. The molecule has 1 aliphatic rings. The summed E-state index contributed by atoms with van der Waals surface area (Å²) in [5.74, 6) is 8.19. The van der Waals surface area contributed by atoms with E-state index in [-0.39, 0.29) is 0 Å². The third-order valence-electron chi connectivity index (χ3n) is 4.09. The van der Waals surface area contributed by atoms with Gasteiger partial charge in [-0.3, -0.25) is 0 Å². The predicted octanol–water partition coefficient (Wildman–Crippen LogP) is 4.93. The van der Waals surface area contributed by atoms with Crippen LogP contribution in [0.15, 0.2) is 18.2 Å². The monoisotopic (exact) mass is 290 g/mol. The highest BCUT2D eigenvalue weighted by atomic mass is 35.5. The molecule has 0 amide bonds. The van der Waals surface area contributed by atoms with Gasteiger partial charge >= 0.3 is 0 Å². The third-order valence-corrected chi connectivity index (χ3v) is 4.22. The van der Waals surface area contributed by atoms with E-state index in [4.69, 9.17) is 16.3 Å². The molecular formula is C18H23ClO. The second kappa shape index (κ2) is 7.60. The van der Waals surface area contributed by atoms with Gasteiger partial charge in [-0.2, -0.15) is 0 Å². The Bertz CT molecular complexity index is 490. The van der Waals surface area contributed by atoms with Crippen molar-refractivity contribution in [2.24, 2.45) is 5.92 Å². The number of halogens is 1. The van der Waals surface area contributed by atoms with Crippen molar-refractivity contribution in [2.45, 2.75) is 52.1 Å². The van der Waals surface area contributed by atoms with Gasteiger partial charge in [0.05, 0.1) is 17.5 Å². The van der Waals surface area contributed by atoms with Crippen LogP contribution < -0.4 is 4.74 Å². The van der Waals surface area contributed by atoms with Crippen LogP contribution >= 0.6 is 11.6 Å². The zero-order valence-electron chi connectivity index (χ0n) is 12.4. The molecule has 0 heterocycles. The minimum absolute atomic E-state index is 0.344. The van der Waals surface area contributed by atoms with Crippen molar-refractivity contribution in [1.29, 1.82) is 0 Å². The molecule has 0 unspecified atom stereocenters. The molecule has 0 radical (unpaired) electrons. The average molecular weight is 291 g/mol. The standard InChI is InChI=1S/C18H23ClO/c1-3-15-7-9-17(10-8-15)20-18-11-6-14(2)13-16(18)5-4-12-19/h6,11,13,15,17H,3,7-10,12H2,1-2H3. The SMILES string of the molecule is CCC1CCC(Oc2ccc(C)cc2C#CCCl)CC1. The first-order chi connectivity index (χ1) is 9.72. The van der Waals surface area contributed by atoms with E-state index in [0.717, 1.165) is 30.1 Å². The molecule has 0 spiro atoms.